The molecule has 0 aliphatic carbocycles. The number of nitrogens with zero attached hydrogens (tertiary/aromatic N) is 2. The summed E-state index contributed by atoms with van der Waals surface area (Å²) in [4.78, 5) is 18.1. The summed E-state index contributed by atoms with van der Waals surface area (Å²) < 4.78 is 26.6. The van der Waals surface area contributed by atoms with E-state index >= 15 is 0 Å². The number of fused-ring (bicyclic) bond motifs is 1. The summed E-state index contributed by atoms with van der Waals surface area (Å²) in [6, 6.07) is 7.29. The molecular weight excluding hydrogens is 374 g/mol. The van der Waals surface area contributed by atoms with E-state index in [1.165, 1.54) is 6.42 Å². The van der Waals surface area contributed by atoms with Crippen molar-refractivity contribution in [2.45, 2.75) is 31.1 Å². The standard InChI is InChI=1S/C21H25N3O3S/c1-3-28(26,27)15-7-8-19(24-11-5-4-6-12-24)17(13-15)18-14-23(2)21(25)20-16(18)9-10-22-20/h7-10,13-14,22H,3-6,11-12H2,1-2H3. The first-order chi connectivity index (χ1) is 13.4. The van der Waals surface area contributed by atoms with Crippen LogP contribution in [0, 0.1) is 0 Å². The van der Waals surface area contributed by atoms with Crippen molar-refractivity contribution >= 4 is 26.4 Å². The van der Waals surface area contributed by atoms with Crippen LogP contribution in [-0.4, -0.2) is 36.8 Å². The van der Waals surface area contributed by atoms with Crippen LogP contribution in [0.4, 0.5) is 5.69 Å². The van der Waals surface area contributed by atoms with Crippen molar-refractivity contribution < 1.29 is 8.42 Å². The lowest BCUT2D eigenvalue weighted by molar-refractivity contribution is 0.578. The molecule has 0 unspecified atom stereocenters. The molecule has 0 amide bonds. The molecule has 3 aromatic rings. The van der Waals surface area contributed by atoms with Crippen LogP contribution >= 0.6 is 0 Å². The van der Waals surface area contributed by atoms with Gasteiger partial charge in [0.1, 0.15) is 5.52 Å². The number of hydrogen-bond acceptors (Lipinski definition) is 4. The zero-order valence-electron chi connectivity index (χ0n) is 16.2. The van der Waals surface area contributed by atoms with E-state index in [9.17, 15) is 13.2 Å². The molecular formula is C21H25N3O3S. The fourth-order valence-electron chi connectivity index (χ4n) is 3.99. The number of aromatic amines is 1. The summed E-state index contributed by atoms with van der Waals surface area (Å²) >= 11 is 0. The van der Waals surface area contributed by atoms with Crippen LogP contribution in [0.1, 0.15) is 26.2 Å². The smallest absolute Gasteiger partial charge is 0.274 e. The van der Waals surface area contributed by atoms with Gasteiger partial charge in [0, 0.05) is 54.7 Å². The van der Waals surface area contributed by atoms with Crippen molar-refractivity contribution in [3.8, 4) is 11.1 Å². The maximum absolute atomic E-state index is 12.5. The lowest BCUT2D eigenvalue weighted by atomic mass is 9.99. The lowest BCUT2D eigenvalue weighted by Gasteiger charge is -2.31. The molecule has 1 aromatic carbocycles. The van der Waals surface area contributed by atoms with Gasteiger partial charge < -0.3 is 14.5 Å². The Labute approximate surface area is 164 Å². The number of nitrogens with one attached hydrogen (secondary N) is 1. The summed E-state index contributed by atoms with van der Waals surface area (Å²) in [5.74, 6) is 0.0579. The van der Waals surface area contributed by atoms with Crippen molar-refractivity contribution in [3.05, 3.63) is 47.0 Å². The minimum Gasteiger partial charge on any atom is -0.371 e. The Hall–Kier alpha value is -2.54. The normalized spacial score (nSPS) is 15.3. The highest BCUT2D eigenvalue weighted by atomic mass is 32.2. The largest absolute Gasteiger partial charge is 0.371 e. The Balaban J connectivity index is 2.01. The number of aromatic nitrogens is 2. The van der Waals surface area contributed by atoms with Gasteiger partial charge in [0.05, 0.1) is 10.6 Å². The number of benzene rings is 1. The second-order valence-electron chi connectivity index (χ2n) is 7.36. The van der Waals surface area contributed by atoms with Crippen LogP contribution in [0.15, 0.2) is 46.3 Å². The highest BCUT2D eigenvalue weighted by Crippen LogP contribution is 2.37. The quantitative estimate of drug-likeness (QED) is 0.730. The number of sulfone groups is 1. The van der Waals surface area contributed by atoms with Gasteiger partial charge in [0.25, 0.3) is 5.56 Å². The first-order valence-electron chi connectivity index (χ1n) is 9.71. The maximum atomic E-state index is 12.5. The van der Waals surface area contributed by atoms with Crippen molar-refractivity contribution in [1.82, 2.24) is 9.55 Å². The summed E-state index contributed by atoms with van der Waals surface area (Å²) in [5, 5.41) is 0.812. The number of pyridine rings is 1. The van der Waals surface area contributed by atoms with E-state index in [0.29, 0.717) is 10.4 Å². The molecule has 7 heteroatoms. The van der Waals surface area contributed by atoms with Crippen LogP contribution < -0.4 is 10.5 Å². The Morgan fingerprint density at radius 1 is 1.07 bits per heavy atom. The van der Waals surface area contributed by atoms with E-state index in [-0.39, 0.29) is 11.3 Å². The van der Waals surface area contributed by atoms with Crippen LogP contribution in [-0.2, 0) is 16.9 Å². The molecule has 1 N–H and O–H groups in total. The number of H-pyrrole nitrogens is 1. The van der Waals surface area contributed by atoms with Gasteiger partial charge in [-0.3, -0.25) is 4.79 Å². The predicted octanol–water partition coefficient (Wildman–Crippen LogP) is 3.32. The molecule has 1 fully saturated rings. The number of anilines is 1. The van der Waals surface area contributed by atoms with Gasteiger partial charge in [0.15, 0.2) is 9.84 Å². The number of aryl methyl sites for hydroxylation is 1. The minimum absolute atomic E-state index is 0.0579. The summed E-state index contributed by atoms with van der Waals surface area (Å²) in [5.41, 5.74) is 3.19. The van der Waals surface area contributed by atoms with E-state index < -0.39 is 9.84 Å². The molecule has 0 radical (unpaired) electrons. The molecule has 28 heavy (non-hydrogen) atoms. The SMILES string of the molecule is CCS(=O)(=O)c1ccc(N2CCCCC2)c(-c2cn(C)c(=O)c3[nH]ccc23)c1. The maximum Gasteiger partial charge on any atom is 0.274 e. The lowest BCUT2D eigenvalue weighted by Crippen LogP contribution is -2.30. The number of piperidine rings is 1. The van der Waals surface area contributed by atoms with E-state index in [0.717, 1.165) is 48.1 Å². The molecule has 1 aliphatic heterocycles. The monoisotopic (exact) mass is 399 g/mol. The Bertz CT molecular complexity index is 1190. The molecule has 0 atom stereocenters. The molecule has 2 aromatic heterocycles. The van der Waals surface area contributed by atoms with Crippen LogP contribution in [0.3, 0.4) is 0 Å². The molecule has 4 rings (SSSR count). The third-order valence-electron chi connectivity index (χ3n) is 5.59. The van der Waals surface area contributed by atoms with Gasteiger partial charge in [0.2, 0.25) is 0 Å². The zero-order chi connectivity index (χ0) is 19.9. The molecule has 0 spiro atoms. The molecule has 6 nitrogen and oxygen atoms in total. The van der Waals surface area contributed by atoms with Crippen molar-refractivity contribution in [2.24, 2.45) is 7.05 Å². The van der Waals surface area contributed by atoms with Gasteiger partial charge in [-0.15, -0.1) is 0 Å². The first kappa shape index (κ1) is 18.8. The topological polar surface area (TPSA) is 75.2 Å². The van der Waals surface area contributed by atoms with Crippen LogP contribution in [0.5, 0.6) is 0 Å². The van der Waals surface area contributed by atoms with E-state index in [1.54, 1.807) is 36.9 Å². The summed E-state index contributed by atoms with van der Waals surface area (Å²) in [7, 11) is -1.61. The molecule has 0 saturated carbocycles. The molecule has 3 heterocycles. The third kappa shape index (κ3) is 3.13. The first-order valence-corrected chi connectivity index (χ1v) is 11.4. The zero-order valence-corrected chi connectivity index (χ0v) is 17.1. The van der Waals surface area contributed by atoms with Crippen LogP contribution in [0.25, 0.3) is 22.0 Å². The van der Waals surface area contributed by atoms with Gasteiger partial charge in [-0.05, 0) is 43.5 Å². The van der Waals surface area contributed by atoms with Gasteiger partial charge in [-0.2, -0.15) is 0 Å². The van der Waals surface area contributed by atoms with Crippen LogP contribution in [0.2, 0.25) is 0 Å². The molecule has 0 bridgehead atoms. The van der Waals surface area contributed by atoms with E-state index in [2.05, 4.69) is 9.88 Å². The van der Waals surface area contributed by atoms with Crippen molar-refractivity contribution in [2.75, 3.05) is 23.7 Å². The average molecular weight is 400 g/mol. The van der Waals surface area contributed by atoms with E-state index in [1.807, 2.05) is 18.3 Å². The average Bonchev–Trinajstić information content (AvgIpc) is 3.21. The Morgan fingerprint density at radius 3 is 2.54 bits per heavy atom. The van der Waals surface area contributed by atoms with E-state index in [4.69, 9.17) is 0 Å². The number of hydrogen-bond donors (Lipinski definition) is 1. The molecule has 148 valence electrons. The highest BCUT2D eigenvalue weighted by Gasteiger charge is 2.21. The van der Waals surface area contributed by atoms with Crippen molar-refractivity contribution in [3.63, 3.8) is 0 Å². The molecule has 1 saturated heterocycles. The Morgan fingerprint density at radius 2 is 1.82 bits per heavy atom. The fraction of sp³-hybridized carbons (Fsp3) is 0.381. The third-order valence-corrected chi connectivity index (χ3v) is 7.32. The summed E-state index contributed by atoms with van der Waals surface area (Å²) in [6.45, 7) is 3.56. The predicted molar refractivity (Wildman–Crippen MR) is 113 cm³/mol. The second kappa shape index (κ2) is 7.13. The molecule has 1 aliphatic rings. The fourth-order valence-corrected chi connectivity index (χ4v) is 4.89. The second-order valence-corrected chi connectivity index (χ2v) is 9.63. The highest BCUT2D eigenvalue weighted by molar-refractivity contribution is 7.91. The van der Waals surface area contributed by atoms with Crippen molar-refractivity contribution in [1.29, 1.82) is 0 Å². The van der Waals surface area contributed by atoms with Gasteiger partial charge >= 0.3 is 0 Å². The minimum atomic E-state index is -3.33. The summed E-state index contributed by atoms with van der Waals surface area (Å²) in [6.07, 6.45) is 7.03. The van der Waals surface area contributed by atoms with Gasteiger partial charge in [-0.25, -0.2) is 8.42 Å². The Kier molecular flexibility index (Phi) is 4.79. The van der Waals surface area contributed by atoms with Gasteiger partial charge in [-0.1, -0.05) is 6.92 Å². The number of rotatable bonds is 4.